The van der Waals surface area contributed by atoms with Gasteiger partial charge in [-0.15, -0.1) is 0 Å². The molecule has 1 aromatic carbocycles. The van der Waals surface area contributed by atoms with Gasteiger partial charge in [-0.2, -0.15) is 0 Å². The minimum absolute atomic E-state index is 0.382. The average molecular weight is 306 g/mol. The van der Waals surface area contributed by atoms with Gasteiger partial charge in [-0.25, -0.2) is 9.97 Å². The standard InChI is InChI=1S/C13H12BrN3O/c14-9-1-2-12-8(3-9)5-15-13(16-12)17-6-10-4-11(7-17)18-10/h1-3,5,10-11H,4,6-7H2/t10-,11+. The molecule has 0 aliphatic carbocycles. The van der Waals surface area contributed by atoms with E-state index in [2.05, 4.69) is 30.8 Å². The summed E-state index contributed by atoms with van der Waals surface area (Å²) in [5.74, 6) is 0.822. The first-order valence-electron chi connectivity index (χ1n) is 6.11. The van der Waals surface area contributed by atoms with E-state index in [1.54, 1.807) is 0 Å². The minimum atomic E-state index is 0.382. The lowest BCUT2D eigenvalue weighted by atomic mass is 9.99. The second kappa shape index (κ2) is 3.90. The van der Waals surface area contributed by atoms with Gasteiger partial charge in [0.25, 0.3) is 0 Å². The Hall–Kier alpha value is -1.20. The number of rotatable bonds is 1. The lowest BCUT2D eigenvalue weighted by Crippen LogP contribution is -2.57. The van der Waals surface area contributed by atoms with E-state index in [0.29, 0.717) is 12.2 Å². The van der Waals surface area contributed by atoms with Crippen molar-refractivity contribution in [3.63, 3.8) is 0 Å². The predicted molar refractivity (Wildman–Crippen MR) is 72.7 cm³/mol. The Bertz CT molecular complexity index is 602. The van der Waals surface area contributed by atoms with Crippen molar-refractivity contribution in [2.75, 3.05) is 18.0 Å². The molecular formula is C13H12BrN3O. The third-order valence-electron chi connectivity index (χ3n) is 3.57. The van der Waals surface area contributed by atoms with E-state index in [-0.39, 0.29) is 0 Å². The molecule has 2 bridgehead atoms. The molecule has 18 heavy (non-hydrogen) atoms. The number of benzene rings is 1. The van der Waals surface area contributed by atoms with Crippen LogP contribution in [-0.2, 0) is 4.74 Å². The molecule has 0 amide bonds. The van der Waals surface area contributed by atoms with Crippen LogP contribution in [0.2, 0.25) is 0 Å². The smallest absolute Gasteiger partial charge is 0.226 e. The molecule has 0 spiro atoms. The van der Waals surface area contributed by atoms with E-state index in [9.17, 15) is 0 Å². The van der Waals surface area contributed by atoms with Crippen molar-refractivity contribution in [1.82, 2.24) is 9.97 Å². The second-order valence-corrected chi connectivity index (χ2v) is 5.81. The summed E-state index contributed by atoms with van der Waals surface area (Å²) in [5, 5.41) is 1.06. The van der Waals surface area contributed by atoms with Crippen molar-refractivity contribution < 1.29 is 4.74 Å². The van der Waals surface area contributed by atoms with Gasteiger partial charge in [0.05, 0.1) is 17.7 Å². The summed E-state index contributed by atoms with van der Waals surface area (Å²) in [6.45, 7) is 1.83. The van der Waals surface area contributed by atoms with Crippen LogP contribution in [0.3, 0.4) is 0 Å². The number of aromatic nitrogens is 2. The van der Waals surface area contributed by atoms with Crippen LogP contribution in [0, 0.1) is 0 Å². The Morgan fingerprint density at radius 2 is 2.06 bits per heavy atom. The quantitative estimate of drug-likeness (QED) is 0.811. The first-order valence-corrected chi connectivity index (χ1v) is 6.90. The van der Waals surface area contributed by atoms with Crippen molar-refractivity contribution in [3.05, 3.63) is 28.9 Å². The van der Waals surface area contributed by atoms with Crippen molar-refractivity contribution >= 4 is 32.8 Å². The molecule has 3 aliphatic rings. The van der Waals surface area contributed by atoms with Crippen molar-refractivity contribution in [2.45, 2.75) is 18.6 Å². The van der Waals surface area contributed by atoms with Crippen LogP contribution in [0.25, 0.3) is 10.9 Å². The van der Waals surface area contributed by atoms with Crippen LogP contribution >= 0.6 is 15.9 Å². The molecule has 1 aromatic heterocycles. The largest absolute Gasteiger partial charge is 0.371 e. The third kappa shape index (κ3) is 1.69. The van der Waals surface area contributed by atoms with Crippen molar-refractivity contribution in [3.8, 4) is 0 Å². The number of anilines is 1. The zero-order chi connectivity index (χ0) is 12.1. The number of ether oxygens (including phenoxy) is 1. The Labute approximate surface area is 113 Å². The van der Waals surface area contributed by atoms with Gasteiger partial charge in [0.15, 0.2) is 0 Å². The molecule has 5 rings (SSSR count). The molecule has 0 radical (unpaired) electrons. The summed E-state index contributed by atoms with van der Waals surface area (Å²) in [6, 6.07) is 6.07. The van der Waals surface area contributed by atoms with Gasteiger partial charge >= 0.3 is 0 Å². The maximum atomic E-state index is 5.63. The fraction of sp³-hybridized carbons (Fsp3) is 0.385. The number of fused-ring (bicyclic) bond motifs is 3. The lowest BCUT2D eigenvalue weighted by molar-refractivity contribution is -0.133. The van der Waals surface area contributed by atoms with Gasteiger partial charge in [0, 0.05) is 35.6 Å². The molecule has 0 unspecified atom stereocenters. The van der Waals surface area contributed by atoms with Gasteiger partial charge in [0.2, 0.25) is 5.95 Å². The van der Waals surface area contributed by atoms with Crippen molar-refractivity contribution in [2.24, 2.45) is 0 Å². The van der Waals surface area contributed by atoms with E-state index in [1.807, 2.05) is 24.4 Å². The number of morpholine rings is 1. The van der Waals surface area contributed by atoms with Crippen LogP contribution in [-0.4, -0.2) is 35.3 Å². The molecular weight excluding hydrogens is 294 g/mol. The number of piperidine rings is 1. The topological polar surface area (TPSA) is 38.2 Å². The summed E-state index contributed by atoms with van der Waals surface area (Å²) in [5.41, 5.74) is 0.989. The Morgan fingerprint density at radius 3 is 2.83 bits per heavy atom. The highest BCUT2D eigenvalue weighted by Crippen LogP contribution is 2.30. The lowest BCUT2D eigenvalue weighted by Gasteiger charge is -2.46. The average Bonchev–Trinajstić information content (AvgIpc) is 2.37. The van der Waals surface area contributed by atoms with Crippen molar-refractivity contribution in [1.29, 1.82) is 0 Å². The van der Waals surface area contributed by atoms with E-state index < -0.39 is 0 Å². The highest BCUT2D eigenvalue weighted by atomic mass is 79.9. The molecule has 92 valence electrons. The molecule has 0 saturated carbocycles. The van der Waals surface area contributed by atoms with E-state index in [1.165, 1.54) is 6.42 Å². The van der Waals surface area contributed by atoms with Gasteiger partial charge in [-0.05, 0) is 18.2 Å². The van der Waals surface area contributed by atoms with Gasteiger partial charge in [-0.3, -0.25) is 0 Å². The summed E-state index contributed by atoms with van der Waals surface area (Å²) < 4.78 is 6.68. The monoisotopic (exact) mass is 305 g/mol. The zero-order valence-electron chi connectivity index (χ0n) is 9.71. The summed E-state index contributed by atoms with van der Waals surface area (Å²) in [7, 11) is 0. The Morgan fingerprint density at radius 1 is 1.28 bits per heavy atom. The first kappa shape index (κ1) is 10.7. The fourth-order valence-electron chi connectivity index (χ4n) is 2.67. The summed E-state index contributed by atoms with van der Waals surface area (Å²) in [4.78, 5) is 11.3. The number of hydrogen-bond acceptors (Lipinski definition) is 4. The molecule has 2 atom stereocenters. The molecule has 3 aliphatic heterocycles. The Balaban J connectivity index is 1.70. The van der Waals surface area contributed by atoms with Gasteiger partial charge in [-0.1, -0.05) is 15.9 Å². The van der Waals surface area contributed by atoms with Crippen LogP contribution < -0.4 is 4.90 Å². The summed E-state index contributed by atoms with van der Waals surface area (Å²) >= 11 is 3.46. The second-order valence-electron chi connectivity index (χ2n) is 4.89. The van der Waals surface area contributed by atoms with E-state index >= 15 is 0 Å². The minimum Gasteiger partial charge on any atom is -0.371 e. The van der Waals surface area contributed by atoms with E-state index in [0.717, 1.165) is 34.4 Å². The predicted octanol–water partition coefficient (Wildman–Crippen LogP) is 2.37. The Kier molecular flexibility index (Phi) is 2.32. The van der Waals surface area contributed by atoms with Crippen LogP contribution in [0.1, 0.15) is 6.42 Å². The normalized spacial score (nSPS) is 26.2. The number of halogens is 1. The molecule has 3 fully saturated rings. The molecule has 4 heterocycles. The van der Waals surface area contributed by atoms with E-state index in [4.69, 9.17) is 4.74 Å². The zero-order valence-corrected chi connectivity index (χ0v) is 11.3. The van der Waals surface area contributed by atoms with Crippen LogP contribution in [0.4, 0.5) is 5.95 Å². The van der Waals surface area contributed by atoms with Crippen LogP contribution in [0.5, 0.6) is 0 Å². The highest BCUT2D eigenvalue weighted by Gasteiger charge is 2.39. The molecule has 3 saturated heterocycles. The first-order chi connectivity index (χ1) is 8.78. The third-order valence-corrected chi connectivity index (χ3v) is 4.06. The number of hydrogen-bond donors (Lipinski definition) is 0. The SMILES string of the molecule is Brc1ccc2nc(N3C[C@H]4C[C@@H](C3)O4)ncc2c1. The maximum absolute atomic E-state index is 5.63. The molecule has 0 N–H and O–H groups in total. The van der Waals surface area contributed by atoms with Crippen LogP contribution in [0.15, 0.2) is 28.9 Å². The molecule has 5 heteroatoms. The van der Waals surface area contributed by atoms with Gasteiger partial charge < -0.3 is 9.64 Å². The number of nitrogens with zero attached hydrogens (tertiary/aromatic N) is 3. The molecule has 4 nitrogen and oxygen atoms in total. The van der Waals surface area contributed by atoms with Gasteiger partial charge in [0.1, 0.15) is 0 Å². The fourth-order valence-corrected chi connectivity index (χ4v) is 3.04. The summed E-state index contributed by atoms with van der Waals surface area (Å²) in [6.07, 6.45) is 3.85. The highest BCUT2D eigenvalue weighted by molar-refractivity contribution is 9.10. The maximum Gasteiger partial charge on any atom is 0.226 e. The molecule has 2 aromatic rings.